The molecule has 0 radical (unpaired) electrons. The lowest BCUT2D eigenvalue weighted by molar-refractivity contribution is -0.125. The van der Waals surface area contributed by atoms with Crippen molar-refractivity contribution >= 4 is 5.91 Å². The second-order valence-corrected chi connectivity index (χ2v) is 7.69. The summed E-state index contributed by atoms with van der Waals surface area (Å²) in [6.45, 7) is 9.42. The number of hydrogen-bond donors (Lipinski definition) is 2. The number of rotatable bonds is 4. The highest BCUT2D eigenvalue weighted by molar-refractivity contribution is 5.82. The molecular weight excluding hydrogens is 288 g/mol. The van der Waals surface area contributed by atoms with Crippen LogP contribution in [-0.2, 0) is 9.53 Å². The van der Waals surface area contributed by atoms with E-state index in [1.165, 1.54) is 11.1 Å². The van der Waals surface area contributed by atoms with Gasteiger partial charge in [0, 0.05) is 19.1 Å². The van der Waals surface area contributed by atoms with Gasteiger partial charge in [-0.25, -0.2) is 0 Å². The average molecular weight is 318 g/mol. The van der Waals surface area contributed by atoms with Gasteiger partial charge in [0.2, 0.25) is 5.91 Å². The molecule has 0 aromatic heterocycles. The van der Waals surface area contributed by atoms with Gasteiger partial charge < -0.3 is 15.8 Å². The number of ether oxygens (including phenoxy) is 1. The summed E-state index contributed by atoms with van der Waals surface area (Å²) in [5, 5.41) is 3.03. The molecule has 23 heavy (non-hydrogen) atoms. The molecule has 0 saturated carbocycles. The molecular formula is C19H30N2O2. The van der Waals surface area contributed by atoms with E-state index in [0.717, 1.165) is 19.4 Å². The maximum absolute atomic E-state index is 12.2. The first-order valence-electron chi connectivity index (χ1n) is 8.50. The number of nitrogens with one attached hydrogen (secondary N) is 1. The number of amides is 1. The largest absolute Gasteiger partial charge is 0.373 e. The van der Waals surface area contributed by atoms with Crippen molar-refractivity contribution in [3.63, 3.8) is 0 Å². The molecule has 1 aliphatic heterocycles. The minimum absolute atomic E-state index is 0.0514. The Labute approximate surface area is 139 Å². The molecule has 4 heteroatoms. The molecule has 1 aromatic rings. The summed E-state index contributed by atoms with van der Waals surface area (Å²) in [4.78, 5) is 12.2. The second kappa shape index (κ2) is 7.45. The smallest absolute Gasteiger partial charge is 0.237 e. The molecule has 1 saturated heterocycles. The first-order chi connectivity index (χ1) is 10.8. The van der Waals surface area contributed by atoms with E-state index in [9.17, 15) is 4.79 Å². The Bertz CT molecular complexity index is 519. The Hall–Kier alpha value is -1.39. The zero-order valence-corrected chi connectivity index (χ0v) is 14.8. The fourth-order valence-electron chi connectivity index (χ4n) is 2.91. The summed E-state index contributed by atoms with van der Waals surface area (Å²) >= 11 is 0. The van der Waals surface area contributed by atoms with Crippen molar-refractivity contribution in [2.45, 2.75) is 52.7 Å². The molecule has 1 fully saturated rings. The highest BCUT2D eigenvalue weighted by atomic mass is 16.5. The summed E-state index contributed by atoms with van der Waals surface area (Å²) < 4.78 is 5.99. The van der Waals surface area contributed by atoms with Gasteiger partial charge in [0.25, 0.3) is 0 Å². The van der Waals surface area contributed by atoms with Crippen molar-refractivity contribution in [2.75, 3.05) is 13.2 Å². The van der Waals surface area contributed by atoms with Crippen molar-refractivity contribution < 1.29 is 9.53 Å². The van der Waals surface area contributed by atoms with Crippen LogP contribution >= 0.6 is 0 Å². The van der Waals surface area contributed by atoms with E-state index in [4.69, 9.17) is 10.5 Å². The van der Waals surface area contributed by atoms with Crippen molar-refractivity contribution in [2.24, 2.45) is 17.1 Å². The van der Waals surface area contributed by atoms with Crippen LogP contribution in [0.5, 0.6) is 0 Å². The van der Waals surface area contributed by atoms with Crippen molar-refractivity contribution in [3.05, 3.63) is 35.4 Å². The van der Waals surface area contributed by atoms with Gasteiger partial charge in [-0.15, -0.1) is 0 Å². The van der Waals surface area contributed by atoms with Crippen LogP contribution in [-0.4, -0.2) is 25.1 Å². The maximum atomic E-state index is 12.2. The van der Waals surface area contributed by atoms with Crippen LogP contribution in [0.3, 0.4) is 0 Å². The summed E-state index contributed by atoms with van der Waals surface area (Å²) in [5.74, 6) is 0.216. The number of benzene rings is 1. The minimum atomic E-state index is -0.496. The van der Waals surface area contributed by atoms with Gasteiger partial charge in [-0.3, -0.25) is 4.79 Å². The third-order valence-corrected chi connectivity index (χ3v) is 4.60. The van der Waals surface area contributed by atoms with Crippen LogP contribution < -0.4 is 11.1 Å². The van der Waals surface area contributed by atoms with Crippen molar-refractivity contribution in [3.8, 4) is 0 Å². The number of carbonyl (C=O) groups is 1. The quantitative estimate of drug-likeness (QED) is 0.897. The average Bonchev–Trinajstić information content (AvgIpc) is 2.52. The molecule has 128 valence electrons. The summed E-state index contributed by atoms with van der Waals surface area (Å²) in [6, 6.07) is 7.98. The summed E-state index contributed by atoms with van der Waals surface area (Å²) in [5.41, 5.74) is 8.23. The normalized spacial score (nSPS) is 23.3. The Morgan fingerprint density at radius 3 is 2.61 bits per heavy atom. The van der Waals surface area contributed by atoms with Crippen LogP contribution in [0.4, 0.5) is 0 Å². The standard InChI is InChI=1S/C19H30N2O2/c1-13-7-9-14(10-8-13)16-15(6-5-11-23-16)12-21-18(22)17(20)19(2,3)4/h7-10,15-17H,5-6,11-12,20H2,1-4H3,(H,21,22)/t15?,16?,17-/m1/s1. The predicted octanol–water partition coefficient (Wildman–Crippen LogP) is 2.95. The van der Waals surface area contributed by atoms with E-state index in [2.05, 4.69) is 36.5 Å². The van der Waals surface area contributed by atoms with Crippen LogP contribution in [0.2, 0.25) is 0 Å². The number of carbonyl (C=O) groups excluding carboxylic acids is 1. The van der Waals surface area contributed by atoms with Crippen LogP contribution in [0.15, 0.2) is 24.3 Å². The van der Waals surface area contributed by atoms with Gasteiger partial charge >= 0.3 is 0 Å². The van der Waals surface area contributed by atoms with Gasteiger partial charge in [-0.05, 0) is 30.7 Å². The topological polar surface area (TPSA) is 64.3 Å². The SMILES string of the molecule is Cc1ccc(C2OCCCC2CNC(=O)[C@@H](N)C(C)(C)C)cc1. The highest BCUT2D eigenvalue weighted by Crippen LogP contribution is 2.33. The monoisotopic (exact) mass is 318 g/mol. The van der Waals surface area contributed by atoms with Crippen molar-refractivity contribution in [1.82, 2.24) is 5.32 Å². The van der Waals surface area contributed by atoms with Crippen LogP contribution in [0, 0.1) is 18.3 Å². The minimum Gasteiger partial charge on any atom is -0.373 e. The van der Waals surface area contributed by atoms with Crippen molar-refractivity contribution in [1.29, 1.82) is 0 Å². The van der Waals surface area contributed by atoms with Gasteiger partial charge in [-0.2, -0.15) is 0 Å². The molecule has 0 aliphatic carbocycles. The third kappa shape index (κ3) is 4.79. The van der Waals surface area contributed by atoms with E-state index in [-0.39, 0.29) is 17.4 Å². The molecule has 2 unspecified atom stereocenters. The zero-order valence-electron chi connectivity index (χ0n) is 14.8. The fraction of sp³-hybridized carbons (Fsp3) is 0.632. The zero-order chi connectivity index (χ0) is 17.0. The molecule has 3 N–H and O–H groups in total. The van der Waals surface area contributed by atoms with E-state index < -0.39 is 6.04 Å². The molecule has 1 aromatic carbocycles. The molecule has 3 atom stereocenters. The Balaban J connectivity index is 1.99. The molecule has 1 amide bonds. The van der Waals surface area contributed by atoms with Gasteiger partial charge in [0.05, 0.1) is 12.1 Å². The number of nitrogens with two attached hydrogens (primary N) is 1. The molecule has 1 heterocycles. The molecule has 0 spiro atoms. The first kappa shape index (κ1) is 18.0. The first-order valence-corrected chi connectivity index (χ1v) is 8.50. The van der Waals surface area contributed by atoms with E-state index in [1.54, 1.807) is 0 Å². The Morgan fingerprint density at radius 1 is 1.35 bits per heavy atom. The third-order valence-electron chi connectivity index (χ3n) is 4.60. The number of aryl methyl sites for hydroxylation is 1. The second-order valence-electron chi connectivity index (χ2n) is 7.69. The summed E-state index contributed by atoms with van der Waals surface area (Å²) in [6.07, 6.45) is 2.15. The lowest BCUT2D eigenvalue weighted by Crippen LogP contribution is -2.50. The molecule has 4 nitrogen and oxygen atoms in total. The summed E-state index contributed by atoms with van der Waals surface area (Å²) in [7, 11) is 0. The number of hydrogen-bond acceptors (Lipinski definition) is 3. The maximum Gasteiger partial charge on any atom is 0.237 e. The van der Waals surface area contributed by atoms with Gasteiger partial charge in [0.1, 0.15) is 0 Å². The van der Waals surface area contributed by atoms with Crippen LogP contribution in [0.1, 0.15) is 50.8 Å². The van der Waals surface area contributed by atoms with E-state index in [1.807, 2.05) is 20.8 Å². The van der Waals surface area contributed by atoms with Gasteiger partial charge in [-0.1, -0.05) is 50.6 Å². The Kier molecular flexibility index (Phi) is 5.82. The van der Waals surface area contributed by atoms with E-state index in [0.29, 0.717) is 12.5 Å². The van der Waals surface area contributed by atoms with Crippen LogP contribution in [0.25, 0.3) is 0 Å². The molecule has 1 aliphatic rings. The predicted molar refractivity (Wildman–Crippen MR) is 93.0 cm³/mol. The van der Waals surface area contributed by atoms with Gasteiger partial charge in [0.15, 0.2) is 0 Å². The van der Waals surface area contributed by atoms with E-state index >= 15 is 0 Å². The fourth-order valence-corrected chi connectivity index (χ4v) is 2.91. The lowest BCUT2D eigenvalue weighted by Gasteiger charge is -2.33. The highest BCUT2D eigenvalue weighted by Gasteiger charge is 2.31. The lowest BCUT2D eigenvalue weighted by atomic mass is 9.86. The molecule has 0 bridgehead atoms. The molecule has 2 rings (SSSR count). The Morgan fingerprint density at radius 2 is 2.00 bits per heavy atom.